The van der Waals surface area contributed by atoms with Crippen LogP contribution in [0.5, 0.6) is 0 Å². The van der Waals surface area contributed by atoms with Crippen LogP contribution in [-0.4, -0.2) is 20.7 Å². The molecule has 1 aliphatic carbocycles. The molecule has 0 bridgehead atoms. The first-order chi connectivity index (χ1) is 7.27. The molecule has 0 heterocycles. The molecule has 0 saturated heterocycles. The van der Waals surface area contributed by atoms with Gasteiger partial charge < -0.3 is 0 Å². The SMILES string of the molecule is CC1CCCC(=O)C1[Se]c1ccccc1. The van der Waals surface area contributed by atoms with Crippen LogP contribution in [0.4, 0.5) is 0 Å². The summed E-state index contributed by atoms with van der Waals surface area (Å²) >= 11 is 0.332. The summed E-state index contributed by atoms with van der Waals surface area (Å²) in [6, 6.07) is 10.5. The molecule has 1 aliphatic rings. The molecule has 0 aromatic heterocycles. The van der Waals surface area contributed by atoms with Gasteiger partial charge in [-0.3, -0.25) is 0 Å². The summed E-state index contributed by atoms with van der Waals surface area (Å²) in [5, 5.41) is 0. The average molecular weight is 267 g/mol. The van der Waals surface area contributed by atoms with Gasteiger partial charge in [0.05, 0.1) is 0 Å². The molecular weight excluding hydrogens is 251 g/mol. The first-order valence-corrected chi connectivity index (χ1v) is 7.36. The fourth-order valence-electron chi connectivity index (χ4n) is 2.04. The van der Waals surface area contributed by atoms with Crippen molar-refractivity contribution in [1.29, 1.82) is 0 Å². The molecule has 2 heteroatoms. The fourth-order valence-corrected chi connectivity index (χ4v) is 4.61. The van der Waals surface area contributed by atoms with Gasteiger partial charge in [0.25, 0.3) is 0 Å². The topological polar surface area (TPSA) is 17.1 Å². The molecule has 2 unspecified atom stereocenters. The van der Waals surface area contributed by atoms with Gasteiger partial charge in [0.1, 0.15) is 0 Å². The van der Waals surface area contributed by atoms with Gasteiger partial charge >= 0.3 is 97.2 Å². The molecule has 1 aromatic carbocycles. The molecule has 1 saturated carbocycles. The number of hydrogen-bond acceptors (Lipinski definition) is 1. The summed E-state index contributed by atoms with van der Waals surface area (Å²) in [5.41, 5.74) is 0. The van der Waals surface area contributed by atoms with E-state index in [0.717, 1.165) is 12.8 Å². The van der Waals surface area contributed by atoms with E-state index >= 15 is 0 Å². The average Bonchev–Trinajstić information content (AvgIpc) is 2.25. The zero-order valence-corrected chi connectivity index (χ0v) is 10.7. The predicted molar refractivity (Wildman–Crippen MR) is 63.6 cm³/mol. The van der Waals surface area contributed by atoms with Crippen LogP contribution in [-0.2, 0) is 4.79 Å². The van der Waals surface area contributed by atoms with Crippen molar-refractivity contribution < 1.29 is 4.79 Å². The maximum absolute atomic E-state index is 11.8. The standard InChI is InChI=1S/C13H16OSe/c1-10-6-5-9-12(14)13(10)15-11-7-3-2-4-8-11/h2-4,7-8,10,13H,5-6,9H2,1H3. The zero-order valence-electron chi connectivity index (χ0n) is 8.98. The van der Waals surface area contributed by atoms with Crippen molar-refractivity contribution in [1.82, 2.24) is 0 Å². The van der Waals surface area contributed by atoms with Crippen molar-refractivity contribution in [2.24, 2.45) is 5.92 Å². The van der Waals surface area contributed by atoms with Crippen molar-refractivity contribution in [2.75, 3.05) is 0 Å². The first kappa shape index (κ1) is 10.9. The van der Waals surface area contributed by atoms with Gasteiger partial charge in [0.2, 0.25) is 0 Å². The normalized spacial score (nSPS) is 26.6. The van der Waals surface area contributed by atoms with E-state index in [1.165, 1.54) is 10.9 Å². The van der Waals surface area contributed by atoms with Crippen LogP contribution in [0.2, 0.25) is 4.82 Å². The number of Topliss-reactive ketones (excluding diaryl/α,β-unsaturated/α-hetero) is 1. The molecule has 0 amide bonds. The second-order valence-electron chi connectivity index (χ2n) is 4.19. The van der Waals surface area contributed by atoms with Crippen molar-refractivity contribution >= 4 is 25.2 Å². The van der Waals surface area contributed by atoms with Crippen LogP contribution in [0.3, 0.4) is 0 Å². The molecule has 1 aromatic rings. The molecule has 2 atom stereocenters. The Morgan fingerprint density at radius 3 is 2.67 bits per heavy atom. The first-order valence-electron chi connectivity index (χ1n) is 5.52. The number of benzene rings is 1. The predicted octanol–water partition coefficient (Wildman–Crippen LogP) is 2.19. The van der Waals surface area contributed by atoms with Gasteiger partial charge in [-0.05, 0) is 0 Å². The Labute approximate surface area is 97.4 Å². The summed E-state index contributed by atoms with van der Waals surface area (Å²) in [6.07, 6.45) is 3.13. The number of carbonyl (C=O) groups excluding carboxylic acids is 1. The van der Waals surface area contributed by atoms with Crippen LogP contribution >= 0.6 is 0 Å². The van der Waals surface area contributed by atoms with E-state index in [-0.39, 0.29) is 0 Å². The second kappa shape index (κ2) is 4.96. The maximum atomic E-state index is 11.8. The van der Waals surface area contributed by atoms with Crippen molar-refractivity contribution in [2.45, 2.75) is 31.0 Å². The Bertz CT molecular complexity index is 334. The molecule has 15 heavy (non-hydrogen) atoms. The minimum absolute atomic E-state index is 0.327. The second-order valence-corrected chi connectivity index (χ2v) is 6.74. The molecule has 2 rings (SSSR count). The van der Waals surface area contributed by atoms with E-state index in [1.54, 1.807) is 0 Å². The minimum atomic E-state index is 0.327. The Morgan fingerprint density at radius 1 is 1.27 bits per heavy atom. The Morgan fingerprint density at radius 2 is 2.00 bits per heavy atom. The molecule has 0 N–H and O–H groups in total. The number of rotatable bonds is 2. The summed E-state index contributed by atoms with van der Waals surface area (Å²) in [4.78, 5) is 12.2. The van der Waals surface area contributed by atoms with E-state index in [9.17, 15) is 4.79 Å². The molecule has 1 fully saturated rings. The Kier molecular flexibility index (Phi) is 3.61. The van der Waals surface area contributed by atoms with Gasteiger partial charge in [-0.1, -0.05) is 0 Å². The fraction of sp³-hybridized carbons (Fsp3) is 0.462. The summed E-state index contributed by atoms with van der Waals surface area (Å²) in [5.74, 6) is 1.09. The van der Waals surface area contributed by atoms with E-state index in [2.05, 4.69) is 31.2 Å². The van der Waals surface area contributed by atoms with Crippen LogP contribution in [0.25, 0.3) is 0 Å². The third kappa shape index (κ3) is 2.70. The van der Waals surface area contributed by atoms with Crippen LogP contribution < -0.4 is 4.46 Å². The molecule has 0 aliphatic heterocycles. The van der Waals surface area contributed by atoms with Gasteiger partial charge in [0.15, 0.2) is 0 Å². The monoisotopic (exact) mass is 268 g/mol. The van der Waals surface area contributed by atoms with Crippen molar-refractivity contribution in [3.05, 3.63) is 30.3 Å². The number of ketones is 1. The van der Waals surface area contributed by atoms with E-state index in [4.69, 9.17) is 0 Å². The number of carbonyl (C=O) groups is 1. The van der Waals surface area contributed by atoms with E-state index in [0.29, 0.717) is 31.5 Å². The summed E-state index contributed by atoms with van der Waals surface area (Å²) in [6.45, 7) is 2.23. The van der Waals surface area contributed by atoms with Crippen LogP contribution in [0, 0.1) is 5.92 Å². The van der Waals surface area contributed by atoms with Gasteiger partial charge in [0, 0.05) is 0 Å². The van der Waals surface area contributed by atoms with Gasteiger partial charge in [-0.15, -0.1) is 0 Å². The van der Waals surface area contributed by atoms with E-state index < -0.39 is 0 Å². The quantitative estimate of drug-likeness (QED) is 0.751. The van der Waals surface area contributed by atoms with Crippen LogP contribution in [0.1, 0.15) is 26.2 Å². The van der Waals surface area contributed by atoms with Gasteiger partial charge in [-0.2, -0.15) is 0 Å². The summed E-state index contributed by atoms with van der Waals surface area (Å²) < 4.78 is 1.36. The third-order valence-electron chi connectivity index (χ3n) is 2.92. The molecule has 0 radical (unpaired) electrons. The van der Waals surface area contributed by atoms with Crippen LogP contribution in [0.15, 0.2) is 30.3 Å². The summed E-state index contributed by atoms with van der Waals surface area (Å²) in [7, 11) is 0. The Balaban J connectivity index is 2.07. The van der Waals surface area contributed by atoms with Crippen molar-refractivity contribution in [3.8, 4) is 0 Å². The van der Waals surface area contributed by atoms with Gasteiger partial charge in [-0.25, -0.2) is 0 Å². The third-order valence-corrected chi connectivity index (χ3v) is 6.12. The molecule has 1 nitrogen and oxygen atoms in total. The zero-order chi connectivity index (χ0) is 10.7. The Hall–Kier alpha value is -0.591. The molecule has 0 spiro atoms. The van der Waals surface area contributed by atoms with Crippen molar-refractivity contribution in [3.63, 3.8) is 0 Å². The van der Waals surface area contributed by atoms with E-state index in [1.807, 2.05) is 6.07 Å². The number of hydrogen-bond donors (Lipinski definition) is 0. The molecule has 80 valence electrons. The molecular formula is C13H16OSe.